The van der Waals surface area contributed by atoms with E-state index < -0.39 is 0 Å². The molecule has 2 aromatic rings. The summed E-state index contributed by atoms with van der Waals surface area (Å²) in [5, 5.41) is 0.470. The van der Waals surface area contributed by atoms with Crippen molar-refractivity contribution in [1.82, 2.24) is 0 Å². The molecule has 0 spiro atoms. The fourth-order valence-electron chi connectivity index (χ4n) is 2.04. The van der Waals surface area contributed by atoms with Gasteiger partial charge < -0.3 is 15.2 Å². The van der Waals surface area contributed by atoms with Crippen molar-refractivity contribution in [3.05, 3.63) is 58.4 Å². The van der Waals surface area contributed by atoms with Gasteiger partial charge in [-0.05, 0) is 42.8 Å². The van der Waals surface area contributed by atoms with Crippen molar-refractivity contribution in [2.24, 2.45) is 5.73 Å². The quantitative estimate of drug-likeness (QED) is 0.887. The average Bonchev–Trinajstić information content (AvgIpc) is 2.49. The number of hydrogen-bond donors (Lipinski definition) is 1. The van der Waals surface area contributed by atoms with Gasteiger partial charge in [0.1, 0.15) is 12.4 Å². The first-order valence-corrected chi connectivity index (χ1v) is 6.96. The van der Waals surface area contributed by atoms with Gasteiger partial charge in [-0.25, -0.2) is 4.39 Å². The van der Waals surface area contributed by atoms with Crippen LogP contribution in [0.4, 0.5) is 4.39 Å². The topological polar surface area (TPSA) is 44.5 Å². The minimum atomic E-state index is -0.352. The molecule has 0 amide bonds. The van der Waals surface area contributed by atoms with Gasteiger partial charge in [0.2, 0.25) is 0 Å². The lowest BCUT2D eigenvalue weighted by atomic mass is 10.1. The third-order valence-electron chi connectivity index (χ3n) is 3.07. The molecule has 0 aliphatic carbocycles. The van der Waals surface area contributed by atoms with Crippen molar-refractivity contribution in [3.8, 4) is 11.5 Å². The Balaban J connectivity index is 2.24. The molecule has 0 heterocycles. The molecule has 0 unspecified atom stereocenters. The minimum Gasteiger partial charge on any atom is -0.493 e. The van der Waals surface area contributed by atoms with Gasteiger partial charge in [0.15, 0.2) is 11.5 Å². The monoisotopic (exact) mass is 309 g/mol. The third kappa shape index (κ3) is 3.86. The maximum atomic E-state index is 13.7. The van der Waals surface area contributed by atoms with Crippen LogP contribution in [0, 0.1) is 5.82 Å². The number of rotatable bonds is 6. The molecule has 0 fully saturated rings. The lowest BCUT2D eigenvalue weighted by Crippen LogP contribution is -2.07. The van der Waals surface area contributed by atoms with Crippen LogP contribution < -0.4 is 15.2 Å². The standard InChI is InChI=1S/C16H17ClFNO2/c1-20-15-4-2-3-11(7-8-19)16(15)21-10-12-9-13(17)5-6-14(12)18/h2-6,9H,7-8,10,19H2,1H3. The number of para-hydroxylation sites is 1. The van der Waals surface area contributed by atoms with Crippen LogP contribution in [0.2, 0.25) is 5.02 Å². The molecular formula is C16H17ClFNO2. The zero-order valence-corrected chi connectivity index (χ0v) is 12.5. The Hall–Kier alpha value is -1.78. The molecule has 0 saturated carbocycles. The molecule has 112 valence electrons. The Morgan fingerprint density at radius 2 is 2.00 bits per heavy atom. The highest BCUT2D eigenvalue weighted by Crippen LogP contribution is 2.32. The molecule has 21 heavy (non-hydrogen) atoms. The second-order valence-electron chi connectivity index (χ2n) is 4.51. The summed E-state index contributed by atoms with van der Waals surface area (Å²) >= 11 is 5.87. The van der Waals surface area contributed by atoms with E-state index in [2.05, 4.69) is 0 Å². The largest absolute Gasteiger partial charge is 0.493 e. The third-order valence-corrected chi connectivity index (χ3v) is 3.31. The molecule has 2 rings (SSSR count). The Labute approximate surface area is 128 Å². The molecule has 0 aromatic heterocycles. The lowest BCUT2D eigenvalue weighted by molar-refractivity contribution is 0.277. The summed E-state index contributed by atoms with van der Waals surface area (Å²) in [6, 6.07) is 9.96. The molecule has 5 heteroatoms. The van der Waals surface area contributed by atoms with Crippen LogP contribution in [-0.4, -0.2) is 13.7 Å². The number of benzene rings is 2. The predicted octanol–water partition coefficient (Wildman–Crippen LogP) is 3.57. The first-order chi connectivity index (χ1) is 10.2. The van der Waals surface area contributed by atoms with E-state index in [1.54, 1.807) is 19.2 Å². The van der Waals surface area contributed by atoms with Crippen LogP contribution in [0.1, 0.15) is 11.1 Å². The fraction of sp³-hybridized carbons (Fsp3) is 0.250. The molecule has 0 aliphatic heterocycles. The van der Waals surface area contributed by atoms with Crippen LogP contribution in [0.15, 0.2) is 36.4 Å². The molecule has 2 N–H and O–H groups in total. The molecular weight excluding hydrogens is 293 g/mol. The van der Waals surface area contributed by atoms with E-state index in [-0.39, 0.29) is 12.4 Å². The van der Waals surface area contributed by atoms with Gasteiger partial charge in [0, 0.05) is 10.6 Å². The van der Waals surface area contributed by atoms with Crippen LogP contribution in [0.3, 0.4) is 0 Å². The van der Waals surface area contributed by atoms with Crippen LogP contribution in [-0.2, 0) is 13.0 Å². The Kier molecular flexibility index (Phi) is 5.42. The smallest absolute Gasteiger partial charge is 0.164 e. The number of nitrogens with two attached hydrogens (primary N) is 1. The number of halogens is 2. The van der Waals surface area contributed by atoms with Crippen molar-refractivity contribution in [2.45, 2.75) is 13.0 Å². The van der Waals surface area contributed by atoms with Crippen LogP contribution in [0.5, 0.6) is 11.5 Å². The highest BCUT2D eigenvalue weighted by molar-refractivity contribution is 6.30. The van der Waals surface area contributed by atoms with Crippen LogP contribution >= 0.6 is 11.6 Å². The summed E-state index contributed by atoms with van der Waals surface area (Å²) in [5.41, 5.74) is 6.92. The van der Waals surface area contributed by atoms with Crippen molar-refractivity contribution in [3.63, 3.8) is 0 Å². The summed E-state index contributed by atoms with van der Waals surface area (Å²) < 4.78 is 24.8. The van der Waals surface area contributed by atoms with Gasteiger partial charge in [-0.3, -0.25) is 0 Å². The molecule has 0 bridgehead atoms. The van der Waals surface area contributed by atoms with E-state index >= 15 is 0 Å². The fourth-order valence-corrected chi connectivity index (χ4v) is 2.24. The van der Waals surface area contributed by atoms with Crippen molar-refractivity contribution >= 4 is 11.6 Å². The maximum Gasteiger partial charge on any atom is 0.164 e. The minimum absolute atomic E-state index is 0.0737. The molecule has 0 atom stereocenters. The predicted molar refractivity (Wildman–Crippen MR) is 81.5 cm³/mol. The molecule has 3 nitrogen and oxygen atoms in total. The highest BCUT2D eigenvalue weighted by Gasteiger charge is 2.12. The SMILES string of the molecule is COc1cccc(CCN)c1OCc1cc(Cl)ccc1F. The van der Waals surface area contributed by atoms with E-state index in [0.717, 1.165) is 5.56 Å². The van der Waals surface area contributed by atoms with Crippen molar-refractivity contribution < 1.29 is 13.9 Å². The second-order valence-corrected chi connectivity index (χ2v) is 4.95. The number of ether oxygens (including phenoxy) is 2. The van der Waals surface area contributed by atoms with Gasteiger partial charge in [0.05, 0.1) is 7.11 Å². The maximum absolute atomic E-state index is 13.7. The summed E-state index contributed by atoms with van der Waals surface area (Å²) in [6.07, 6.45) is 0.657. The zero-order chi connectivity index (χ0) is 15.2. The Morgan fingerprint density at radius 1 is 1.19 bits per heavy atom. The van der Waals surface area contributed by atoms with Gasteiger partial charge in [0.25, 0.3) is 0 Å². The molecule has 2 aromatic carbocycles. The first-order valence-electron chi connectivity index (χ1n) is 6.58. The van der Waals surface area contributed by atoms with E-state index in [1.807, 2.05) is 12.1 Å². The van der Waals surface area contributed by atoms with Gasteiger partial charge in [-0.1, -0.05) is 23.7 Å². The van der Waals surface area contributed by atoms with E-state index in [0.29, 0.717) is 35.1 Å². The number of methoxy groups -OCH3 is 1. The summed E-state index contributed by atoms with van der Waals surface area (Å²) in [5.74, 6) is 0.836. The highest BCUT2D eigenvalue weighted by atomic mass is 35.5. The average molecular weight is 310 g/mol. The zero-order valence-electron chi connectivity index (χ0n) is 11.7. The van der Waals surface area contributed by atoms with E-state index in [1.165, 1.54) is 12.1 Å². The van der Waals surface area contributed by atoms with E-state index in [4.69, 9.17) is 26.8 Å². The normalized spacial score (nSPS) is 10.5. The second kappa shape index (κ2) is 7.29. The molecule has 0 radical (unpaired) electrons. The number of hydrogen-bond acceptors (Lipinski definition) is 3. The Bertz CT molecular complexity index is 619. The first kappa shape index (κ1) is 15.6. The van der Waals surface area contributed by atoms with Gasteiger partial charge in [-0.15, -0.1) is 0 Å². The summed E-state index contributed by atoms with van der Waals surface area (Å²) in [6.45, 7) is 0.569. The van der Waals surface area contributed by atoms with Crippen molar-refractivity contribution in [1.29, 1.82) is 0 Å². The van der Waals surface area contributed by atoms with Crippen LogP contribution in [0.25, 0.3) is 0 Å². The van der Waals surface area contributed by atoms with Gasteiger partial charge >= 0.3 is 0 Å². The molecule has 0 saturated heterocycles. The Morgan fingerprint density at radius 3 is 2.71 bits per heavy atom. The van der Waals surface area contributed by atoms with Gasteiger partial charge in [-0.2, -0.15) is 0 Å². The molecule has 0 aliphatic rings. The summed E-state index contributed by atoms with van der Waals surface area (Å²) in [7, 11) is 1.56. The van der Waals surface area contributed by atoms with E-state index in [9.17, 15) is 4.39 Å². The summed E-state index contributed by atoms with van der Waals surface area (Å²) in [4.78, 5) is 0. The lowest BCUT2D eigenvalue weighted by Gasteiger charge is -2.15. The van der Waals surface area contributed by atoms with Crippen molar-refractivity contribution in [2.75, 3.05) is 13.7 Å².